The van der Waals surface area contributed by atoms with Gasteiger partial charge in [0.25, 0.3) is 0 Å². The van der Waals surface area contributed by atoms with E-state index in [0.717, 1.165) is 48.7 Å². The van der Waals surface area contributed by atoms with Crippen molar-refractivity contribution in [3.63, 3.8) is 0 Å². The van der Waals surface area contributed by atoms with Gasteiger partial charge in [0.05, 0.1) is 11.4 Å². The fraction of sp³-hybridized carbons (Fsp3) is 0.222. The van der Waals surface area contributed by atoms with Crippen molar-refractivity contribution in [1.29, 1.82) is 0 Å². The molecule has 7 nitrogen and oxygen atoms in total. The standard InChI is InChI=1S/C27H25ClN6O/c28-24-16-34(17-30-24)22-12-9-19-15-23(22)35-14-6-2-5-13-29-26-21-11-10-20(18-7-3-1-4-8-18)25(21)32-27(31-19)33-26/h1-4,6-9,12,15-17,20H,5,10-11,13-14H2,(H2,29,31,32,33)/b6-2+. The molecule has 0 spiro atoms. The van der Waals surface area contributed by atoms with Crippen LogP contribution in [0.3, 0.4) is 0 Å². The van der Waals surface area contributed by atoms with Gasteiger partial charge in [0.15, 0.2) is 0 Å². The van der Waals surface area contributed by atoms with E-state index in [1.807, 2.05) is 28.8 Å². The Bertz CT molecular complexity index is 1380. The number of fused-ring (bicyclic) bond motifs is 6. The maximum atomic E-state index is 6.11. The second kappa shape index (κ2) is 9.43. The largest absolute Gasteiger partial charge is 0.487 e. The number of nitrogens with one attached hydrogen (secondary N) is 2. The van der Waals surface area contributed by atoms with Crippen LogP contribution in [0.15, 0.2) is 73.2 Å². The van der Waals surface area contributed by atoms with Crippen LogP contribution >= 0.6 is 11.6 Å². The van der Waals surface area contributed by atoms with Crippen molar-refractivity contribution in [3.05, 3.63) is 95.2 Å². The van der Waals surface area contributed by atoms with Crippen molar-refractivity contribution < 1.29 is 4.74 Å². The van der Waals surface area contributed by atoms with Gasteiger partial charge in [-0.05, 0) is 37.0 Å². The summed E-state index contributed by atoms with van der Waals surface area (Å²) in [5, 5.41) is 7.39. The van der Waals surface area contributed by atoms with E-state index in [-0.39, 0.29) is 5.92 Å². The number of ether oxygens (including phenoxy) is 1. The molecule has 0 amide bonds. The summed E-state index contributed by atoms with van der Waals surface area (Å²) in [5.74, 6) is 2.47. The van der Waals surface area contributed by atoms with Gasteiger partial charge in [0, 0.05) is 36.0 Å². The zero-order valence-corrected chi connectivity index (χ0v) is 19.9. The zero-order chi connectivity index (χ0) is 23.6. The molecule has 4 aromatic rings. The van der Waals surface area contributed by atoms with Gasteiger partial charge in [-0.15, -0.1) is 0 Å². The monoisotopic (exact) mass is 484 g/mol. The van der Waals surface area contributed by atoms with Crippen molar-refractivity contribution in [3.8, 4) is 11.4 Å². The number of nitrogens with zero attached hydrogens (tertiary/aromatic N) is 4. The van der Waals surface area contributed by atoms with E-state index in [0.29, 0.717) is 23.5 Å². The number of hydrogen-bond acceptors (Lipinski definition) is 6. The molecule has 1 unspecified atom stereocenters. The molecule has 2 aromatic carbocycles. The van der Waals surface area contributed by atoms with Crippen LogP contribution in [-0.2, 0) is 6.42 Å². The molecular formula is C27H25ClN6O. The summed E-state index contributed by atoms with van der Waals surface area (Å²) < 4.78 is 7.96. The Labute approximate surface area is 208 Å². The topological polar surface area (TPSA) is 76.9 Å². The molecule has 6 rings (SSSR count). The van der Waals surface area contributed by atoms with Gasteiger partial charge in [0.1, 0.15) is 29.7 Å². The van der Waals surface area contributed by atoms with Crippen LogP contribution in [0.1, 0.15) is 35.6 Å². The van der Waals surface area contributed by atoms with Gasteiger partial charge in [-0.2, -0.15) is 4.98 Å². The Balaban J connectivity index is 1.41. The molecule has 2 N–H and O–H groups in total. The van der Waals surface area contributed by atoms with E-state index in [9.17, 15) is 0 Å². The van der Waals surface area contributed by atoms with E-state index >= 15 is 0 Å². The Morgan fingerprint density at radius 3 is 2.83 bits per heavy atom. The minimum Gasteiger partial charge on any atom is -0.487 e. The second-order valence-corrected chi connectivity index (χ2v) is 9.06. The number of anilines is 3. The van der Waals surface area contributed by atoms with E-state index in [2.05, 4.69) is 52.0 Å². The average Bonchev–Trinajstić information content (AvgIpc) is 3.50. The van der Waals surface area contributed by atoms with Crippen molar-refractivity contribution in [2.45, 2.75) is 25.2 Å². The van der Waals surface area contributed by atoms with Gasteiger partial charge in [-0.1, -0.05) is 54.1 Å². The highest BCUT2D eigenvalue weighted by Crippen LogP contribution is 2.40. The highest BCUT2D eigenvalue weighted by atomic mass is 35.5. The first kappa shape index (κ1) is 21.7. The van der Waals surface area contributed by atoms with Gasteiger partial charge in [-0.3, -0.25) is 0 Å². The average molecular weight is 485 g/mol. The van der Waals surface area contributed by atoms with Crippen LogP contribution in [0.2, 0.25) is 5.15 Å². The first-order valence-corrected chi connectivity index (χ1v) is 12.2. The summed E-state index contributed by atoms with van der Waals surface area (Å²) in [4.78, 5) is 14.0. The SMILES string of the molecule is Clc1cn(-c2ccc3cc2OC/C=C/CCNc2nc(nc4c2CCC4c2ccccc2)N3)cn1. The third-order valence-corrected chi connectivity index (χ3v) is 6.60. The summed E-state index contributed by atoms with van der Waals surface area (Å²) >= 11 is 6.05. The maximum absolute atomic E-state index is 6.11. The van der Waals surface area contributed by atoms with Crippen LogP contribution in [0.5, 0.6) is 5.75 Å². The van der Waals surface area contributed by atoms with Crippen LogP contribution in [0.25, 0.3) is 5.69 Å². The predicted molar refractivity (Wildman–Crippen MR) is 138 cm³/mol. The molecule has 0 radical (unpaired) electrons. The van der Waals surface area contributed by atoms with E-state index in [4.69, 9.17) is 26.3 Å². The fourth-order valence-corrected chi connectivity index (χ4v) is 4.90. The van der Waals surface area contributed by atoms with Gasteiger partial charge in [-0.25, -0.2) is 9.97 Å². The number of hydrogen-bond donors (Lipinski definition) is 2. The summed E-state index contributed by atoms with van der Waals surface area (Å²) in [6.07, 6.45) is 10.5. The van der Waals surface area contributed by atoms with Crippen molar-refractivity contribution in [1.82, 2.24) is 19.5 Å². The van der Waals surface area contributed by atoms with Gasteiger partial charge in [0.2, 0.25) is 5.95 Å². The number of halogens is 1. The predicted octanol–water partition coefficient (Wildman–Crippen LogP) is 5.89. The van der Waals surface area contributed by atoms with E-state index < -0.39 is 0 Å². The first-order valence-electron chi connectivity index (χ1n) is 11.8. The number of rotatable bonds is 2. The number of benzene rings is 2. The highest BCUT2D eigenvalue weighted by Gasteiger charge is 2.29. The molecule has 0 saturated heterocycles. The molecular weight excluding hydrogens is 460 g/mol. The quantitative estimate of drug-likeness (QED) is 0.345. The molecule has 35 heavy (non-hydrogen) atoms. The Morgan fingerprint density at radius 2 is 1.97 bits per heavy atom. The second-order valence-electron chi connectivity index (χ2n) is 8.67. The molecule has 0 fully saturated rings. The third-order valence-electron chi connectivity index (χ3n) is 6.40. The molecule has 1 aliphatic heterocycles. The van der Waals surface area contributed by atoms with Crippen molar-refractivity contribution in [2.24, 2.45) is 0 Å². The first-order chi connectivity index (χ1) is 17.2. The molecule has 176 valence electrons. The highest BCUT2D eigenvalue weighted by molar-refractivity contribution is 6.29. The van der Waals surface area contributed by atoms with E-state index in [1.165, 1.54) is 11.1 Å². The molecule has 4 bridgehead atoms. The van der Waals surface area contributed by atoms with Gasteiger partial charge < -0.3 is 19.9 Å². The molecule has 1 atom stereocenters. The summed E-state index contributed by atoms with van der Waals surface area (Å²) in [6, 6.07) is 16.5. The minimum absolute atomic E-state index is 0.265. The zero-order valence-electron chi connectivity index (χ0n) is 19.1. The Hall–Kier alpha value is -3.84. The number of aromatic nitrogens is 4. The molecule has 2 aliphatic rings. The normalized spacial score (nSPS) is 17.9. The fourth-order valence-electron chi connectivity index (χ4n) is 4.75. The molecule has 2 aromatic heterocycles. The molecule has 3 heterocycles. The molecule has 8 heteroatoms. The number of imidazole rings is 1. The van der Waals surface area contributed by atoms with Crippen LogP contribution < -0.4 is 15.4 Å². The lowest BCUT2D eigenvalue weighted by atomic mass is 9.97. The summed E-state index contributed by atoms with van der Waals surface area (Å²) in [7, 11) is 0. The Morgan fingerprint density at radius 1 is 1.06 bits per heavy atom. The van der Waals surface area contributed by atoms with Crippen LogP contribution in [-0.4, -0.2) is 32.7 Å². The minimum atomic E-state index is 0.265. The van der Waals surface area contributed by atoms with Crippen molar-refractivity contribution >= 4 is 29.1 Å². The lowest BCUT2D eigenvalue weighted by molar-refractivity contribution is 0.361. The third kappa shape index (κ3) is 4.47. The maximum Gasteiger partial charge on any atom is 0.229 e. The van der Waals surface area contributed by atoms with Gasteiger partial charge >= 0.3 is 0 Å². The Kier molecular flexibility index (Phi) is 5.84. The summed E-state index contributed by atoms with van der Waals surface area (Å²) in [6.45, 7) is 1.26. The van der Waals surface area contributed by atoms with E-state index in [1.54, 1.807) is 12.5 Å². The molecule has 1 aliphatic carbocycles. The summed E-state index contributed by atoms with van der Waals surface area (Å²) in [5.41, 5.74) is 5.31. The molecule has 0 saturated carbocycles. The van der Waals surface area contributed by atoms with Crippen LogP contribution in [0, 0.1) is 0 Å². The lowest BCUT2D eigenvalue weighted by Crippen LogP contribution is -2.11. The van der Waals surface area contributed by atoms with Crippen molar-refractivity contribution in [2.75, 3.05) is 23.8 Å². The lowest BCUT2D eigenvalue weighted by Gasteiger charge is -2.17. The smallest absolute Gasteiger partial charge is 0.229 e. The van der Waals surface area contributed by atoms with Crippen LogP contribution in [0.4, 0.5) is 17.5 Å².